The predicted molar refractivity (Wildman–Crippen MR) is 79.4 cm³/mol. The zero-order valence-electron chi connectivity index (χ0n) is 12.2. The van der Waals surface area contributed by atoms with E-state index in [-0.39, 0.29) is 0 Å². The standard InChI is InChI=1S/C16H25N3/c1-13-4-3-5-15(14(13)2)12-18-6-8-19(9-7-18)16-10-17-11-16/h3-5,16-17H,6-12H2,1-2H3. The SMILES string of the molecule is Cc1cccc(CN2CCN(C3CNC3)CC2)c1C. The van der Waals surface area contributed by atoms with Gasteiger partial charge in [-0.05, 0) is 30.5 Å². The van der Waals surface area contributed by atoms with Gasteiger partial charge in [-0.25, -0.2) is 0 Å². The van der Waals surface area contributed by atoms with Gasteiger partial charge in [0.05, 0.1) is 0 Å². The lowest BCUT2D eigenvalue weighted by atomic mass is 10.0. The summed E-state index contributed by atoms with van der Waals surface area (Å²) in [6.07, 6.45) is 0. The Morgan fingerprint density at radius 3 is 2.47 bits per heavy atom. The molecular formula is C16H25N3. The van der Waals surface area contributed by atoms with E-state index in [1.807, 2.05) is 0 Å². The van der Waals surface area contributed by atoms with E-state index in [0.29, 0.717) is 0 Å². The maximum Gasteiger partial charge on any atom is 0.0346 e. The molecule has 0 radical (unpaired) electrons. The van der Waals surface area contributed by atoms with E-state index in [1.165, 1.54) is 56.0 Å². The average Bonchev–Trinajstić information content (AvgIpc) is 2.35. The highest BCUT2D eigenvalue weighted by molar-refractivity contribution is 5.33. The lowest BCUT2D eigenvalue weighted by Gasteiger charge is -2.43. The van der Waals surface area contributed by atoms with Gasteiger partial charge in [0.15, 0.2) is 0 Å². The van der Waals surface area contributed by atoms with Crippen molar-refractivity contribution in [1.29, 1.82) is 0 Å². The Balaban J connectivity index is 1.55. The summed E-state index contributed by atoms with van der Waals surface area (Å²) in [5.41, 5.74) is 4.38. The Bertz CT molecular complexity index is 432. The first-order valence-electron chi connectivity index (χ1n) is 7.46. The number of aryl methyl sites for hydroxylation is 1. The fourth-order valence-electron chi connectivity index (χ4n) is 3.04. The molecule has 0 bridgehead atoms. The fourth-order valence-corrected chi connectivity index (χ4v) is 3.04. The van der Waals surface area contributed by atoms with Gasteiger partial charge in [0.1, 0.15) is 0 Å². The van der Waals surface area contributed by atoms with Crippen molar-refractivity contribution in [1.82, 2.24) is 15.1 Å². The third-order valence-corrected chi connectivity index (χ3v) is 4.79. The molecule has 2 saturated heterocycles. The van der Waals surface area contributed by atoms with E-state index in [4.69, 9.17) is 0 Å². The van der Waals surface area contributed by atoms with Gasteiger partial charge >= 0.3 is 0 Å². The second-order valence-corrected chi connectivity index (χ2v) is 5.98. The molecule has 0 spiro atoms. The second-order valence-electron chi connectivity index (χ2n) is 5.98. The molecule has 1 aromatic carbocycles. The molecule has 0 aliphatic carbocycles. The smallest absolute Gasteiger partial charge is 0.0346 e. The van der Waals surface area contributed by atoms with Crippen LogP contribution in [0.5, 0.6) is 0 Å². The normalized spacial score (nSPS) is 22.4. The Kier molecular flexibility index (Phi) is 3.87. The molecule has 0 aromatic heterocycles. The van der Waals surface area contributed by atoms with Gasteiger partial charge in [0, 0.05) is 51.9 Å². The van der Waals surface area contributed by atoms with Crippen LogP contribution in [0, 0.1) is 13.8 Å². The van der Waals surface area contributed by atoms with Crippen LogP contribution in [0.2, 0.25) is 0 Å². The third kappa shape index (κ3) is 2.83. The largest absolute Gasteiger partial charge is 0.314 e. The van der Waals surface area contributed by atoms with Crippen molar-refractivity contribution < 1.29 is 0 Å². The lowest BCUT2D eigenvalue weighted by molar-refractivity contribution is 0.0695. The summed E-state index contributed by atoms with van der Waals surface area (Å²) in [6, 6.07) is 7.49. The summed E-state index contributed by atoms with van der Waals surface area (Å²) in [4.78, 5) is 5.25. The highest BCUT2D eigenvalue weighted by Crippen LogP contribution is 2.17. The number of nitrogens with zero attached hydrogens (tertiary/aromatic N) is 2. The van der Waals surface area contributed by atoms with Crippen molar-refractivity contribution in [2.24, 2.45) is 0 Å². The minimum absolute atomic E-state index is 0.808. The van der Waals surface area contributed by atoms with Crippen LogP contribution in [0.1, 0.15) is 16.7 Å². The van der Waals surface area contributed by atoms with Crippen LogP contribution in [-0.2, 0) is 6.54 Å². The fraction of sp³-hybridized carbons (Fsp3) is 0.625. The molecule has 3 rings (SSSR count). The minimum Gasteiger partial charge on any atom is -0.314 e. The lowest BCUT2D eigenvalue weighted by Crippen LogP contribution is -2.61. The summed E-state index contributed by atoms with van der Waals surface area (Å²) in [5, 5.41) is 3.37. The van der Waals surface area contributed by atoms with E-state index >= 15 is 0 Å². The number of hydrogen-bond acceptors (Lipinski definition) is 3. The molecule has 1 aromatic rings. The summed E-state index contributed by atoms with van der Waals surface area (Å²) in [6.45, 7) is 12.8. The zero-order chi connectivity index (χ0) is 13.2. The quantitative estimate of drug-likeness (QED) is 0.885. The highest BCUT2D eigenvalue weighted by atomic mass is 15.3. The van der Waals surface area contributed by atoms with Crippen LogP contribution < -0.4 is 5.32 Å². The first kappa shape index (κ1) is 13.1. The van der Waals surface area contributed by atoms with Crippen LogP contribution in [0.4, 0.5) is 0 Å². The van der Waals surface area contributed by atoms with Crippen LogP contribution >= 0.6 is 0 Å². The maximum absolute atomic E-state index is 3.37. The Morgan fingerprint density at radius 2 is 1.84 bits per heavy atom. The number of hydrogen-bond donors (Lipinski definition) is 1. The van der Waals surface area contributed by atoms with Gasteiger partial charge in [-0.3, -0.25) is 9.80 Å². The van der Waals surface area contributed by atoms with Crippen molar-refractivity contribution >= 4 is 0 Å². The summed E-state index contributed by atoms with van der Waals surface area (Å²) in [7, 11) is 0. The first-order valence-corrected chi connectivity index (χ1v) is 7.46. The number of rotatable bonds is 3. The second kappa shape index (κ2) is 5.61. The molecule has 2 aliphatic rings. The highest BCUT2D eigenvalue weighted by Gasteiger charge is 2.27. The molecule has 1 N–H and O–H groups in total. The topological polar surface area (TPSA) is 18.5 Å². The van der Waals surface area contributed by atoms with Gasteiger partial charge in [0.2, 0.25) is 0 Å². The number of benzene rings is 1. The third-order valence-electron chi connectivity index (χ3n) is 4.79. The number of piperazine rings is 1. The Labute approximate surface area is 116 Å². The molecule has 104 valence electrons. The molecule has 2 heterocycles. The Morgan fingerprint density at radius 1 is 1.11 bits per heavy atom. The molecule has 0 saturated carbocycles. The molecule has 2 aliphatic heterocycles. The molecule has 2 fully saturated rings. The van der Waals surface area contributed by atoms with Gasteiger partial charge in [-0.1, -0.05) is 18.2 Å². The molecule has 3 heteroatoms. The number of nitrogens with one attached hydrogen (secondary N) is 1. The van der Waals surface area contributed by atoms with Gasteiger partial charge < -0.3 is 5.32 Å². The zero-order valence-corrected chi connectivity index (χ0v) is 12.2. The van der Waals surface area contributed by atoms with Crippen LogP contribution in [0.3, 0.4) is 0 Å². The molecule has 0 amide bonds. The predicted octanol–water partition coefficient (Wildman–Crippen LogP) is 1.39. The van der Waals surface area contributed by atoms with Gasteiger partial charge in [-0.2, -0.15) is 0 Å². The molecule has 19 heavy (non-hydrogen) atoms. The van der Waals surface area contributed by atoms with E-state index in [9.17, 15) is 0 Å². The van der Waals surface area contributed by atoms with Crippen molar-refractivity contribution in [3.05, 3.63) is 34.9 Å². The van der Waals surface area contributed by atoms with Crippen LogP contribution in [0.15, 0.2) is 18.2 Å². The molecule has 3 nitrogen and oxygen atoms in total. The minimum atomic E-state index is 0.808. The van der Waals surface area contributed by atoms with Crippen molar-refractivity contribution in [3.63, 3.8) is 0 Å². The van der Waals surface area contributed by atoms with Crippen molar-refractivity contribution in [2.75, 3.05) is 39.3 Å². The van der Waals surface area contributed by atoms with E-state index in [2.05, 4.69) is 47.2 Å². The summed E-state index contributed by atoms with van der Waals surface area (Å²) < 4.78 is 0. The van der Waals surface area contributed by atoms with Crippen LogP contribution in [0.25, 0.3) is 0 Å². The van der Waals surface area contributed by atoms with Gasteiger partial charge in [-0.15, -0.1) is 0 Å². The monoisotopic (exact) mass is 259 g/mol. The summed E-state index contributed by atoms with van der Waals surface area (Å²) >= 11 is 0. The van der Waals surface area contributed by atoms with Crippen molar-refractivity contribution in [3.8, 4) is 0 Å². The van der Waals surface area contributed by atoms with Crippen LogP contribution in [-0.4, -0.2) is 55.1 Å². The summed E-state index contributed by atoms with van der Waals surface area (Å²) in [5.74, 6) is 0. The van der Waals surface area contributed by atoms with E-state index < -0.39 is 0 Å². The van der Waals surface area contributed by atoms with Crippen molar-refractivity contribution in [2.45, 2.75) is 26.4 Å². The molecule has 0 atom stereocenters. The molecular weight excluding hydrogens is 234 g/mol. The maximum atomic E-state index is 3.37. The van der Waals surface area contributed by atoms with E-state index in [0.717, 1.165) is 12.6 Å². The average molecular weight is 259 g/mol. The van der Waals surface area contributed by atoms with E-state index in [1.54, 1.807) is 0 Å². The van der Waals surface area contributed by atoms with Gasteiger partial charge in [0.25, 0.3) is 0 Å². The molecule has 0 unspecified atom stereocenters. The first-order chi connectivity index (χ1) is 9.24. The Hall–Kier alpha value is -0.900.